The lowest BCUT2D eigenvalue weighted by Crippen LogP contribution is -2.48. The van der Waals surface area contributed by atoms with Crippen LogP contribution in [-0.2, 0) is 11.3 Å². The van der Waals surface area contributed by atoms with E-state index in [1.807, 2.05) is 60.7 Å². The van der Waals surface area contributed by atoms with Crippen LogP contribution in [0.2, 0.25) is 0 Å². The van der Waals surface area contributed by atoms with E-state index in [9.17, 15) is 4.39 Å². The molecule has 27 heavy (non-hydrogen) atoms. The van der Waals surface area contributed by atoms with Crippen LogP contribution in [-0.4, -0.2) is 24.3 Å². The summed E-state index contributed by atoms with van der Waals surface area (Å²) in [7, 11) is 0. The van der Waals surface area contributed by atoms with Crippen molar-refractivity contribution in [3.63, 3.8) is 0 Å². The van der Waals surface area contributed by atoms with Crippen molar-refractivity contribution in [2.24, 2.45) is 0 Å². The Labute approximate surface area is 159 Å². The van der Waals surface area contributed by atoms with Gasteiger partial charge < -0.3 is 9.47 Å². The molecule has 3 nitrogen and oxygen atoms in total. The van der Waals surface area contributed by atoms with Crippen molar-refractivity contribution in [3.8, 4) is 5.75 Å². The Bertz CT molecular complexity index is 807. The molecular formula is C23H22FNO2. The maximum atomic E-state index is 14.7. The number of rotatable bonds is 5. The Hall–Kier alpha value is -2.69. The average molecular weight is 363 g/mol. The smallest absolute Gasteiger partial charge is 0.142 e. The highest BCUT2D eigenvalue weighted by atomic mass is 19.1. The third-order valence-electron chi connectivity index (χ3n) is 4.77. The summed E-state index contributed by atoms with van der Waals surface area (Å²) >= 11 is 0. The second kappa shape index (κ2) is 8.33. The molecule has 4 rings (SSSR count). The van der Waals surface area contributed by atoms with Crippen LogP contribution in [0.4, 0.5) is 4.39 Å². The number of hydrogen-bond donors (Lipinski definition) is 0. The highest BCUT2D eigenvalue weighted by Crippen LogP contribution is 2.33. The Balaban J connectivity index is 1.66. The first kappa shape index (κ1) is 17.7. The molecule has 1 heterocycles. The molecule has 0 spiro atoms. The van der Waals surface area contributed by atoms with Crippen molar-refractivity contribution >= 4 is 0 Å². The molecule has 138 valence electrons. The summed E-state index contributed by atoms with van der Waals surface area (Å²) in [5.41, 5.74) is 1.79. The van der Waals surface area contributed by atoms with E-state index >= 15 is 0 Å². The number of para-hydroxylation sites is 1. The summed E-state index contributed by atoms with van der Waals surface area (Å²) in [5, 5.41) is 0. The van der Waals surface area contributed by atoms with Gasteiger partial charge in [0.25, 0.3) is 0 Å². The minimum Gasteiger partial charge on any atom is -0.486 e. The van der Waals surface area contributed by atoms with Gasteiger partial charge in [-0.3, -0.25) is 4.90 Å². The lowest BCUT2D eigenvalue weighted by Gasteiger charge is -2.41. The van der Waals surface area contributed by atoms with Gasteiger partial charge in [0.1, 0.15) is 24.4 Å². The molecule has 3 aromatic rings. The SMILES string of the molecule is Fc1ccccc1[C@@H]1[C@H](Oc2ccccc2)COCN1Cc1ccccc1. The van der Waals surface area contributed by atoms with Crippen LogP contribution in [0.3, 0.4) is 0 Å². The maximum Gasteiger partial charge on any atom is 0.142 e. The molecule has 0 unspecified atom stereocenters. The number of benzene rings is 3. The van der Waals surface area contributed by atoms with Crippen molar-refractivity contribution in [3.05, 3.63) is 102 Å². The minimum absolute atomic E-state index is 0.218. The lowest BCUT2D eigenvalue weighted by atomic mass is 9.97. The van der Waals surface area contributed by atoms with Gasteiger partial charge in [-0.1, -0.05) is 66.7 Å². The van der Waals surface area contributed by atoms with E-state index in [1.54, 1.807) is 6.07 Å². The van der Waals surface area contributed by atoms with E-state index in [4.69, 9.17) is 9.47 Å². The van der Waals surface area contributed by atoms with Gasteiger partial charge in [-0.15, -0.1) is 0 Å². The van der Waals surface area contributed by atoms with Crippen LogP contribution in [0.25, 0.3) is 0 Å². The van der Waals surface area contributed by atoms with E-state index in [1.165, 1.54) is 6.07 Å². The predicted molar refractivity (Wildman–Crippen MR) is 103 cm³/mol. The van der Waals surface area contributed by atoms with Crippen molar-refractivity contribution in [1.82, 2.24) is 4.90 Å². The van der Waals surface area contributed by atoms with Crippen LogP contribution in [0, 0.1) is 5.82 Å². The van der Waals surface area contributed by atoms with Crippen LogP contribution >= 0.6 is 0 Å². The normalized spacial score (nSPS) is 20.3. The topological polar surface area (TPSA) is 21.7 Å². The van der Waals surface area contributed by atoms with Gasteiger partial charge in [0.2, 0.25) is 0 Å². The number of hydrogen-bond acceptors (Lipinski definition) is 3. The molecule has 2 atom stereocenters. The zero-order chi connectivity index (χ0) is 18.5. The van der Waals surface area contributed by atoms with Gasteiger partial charge in [-0.05, 0) is 23.8 Å². The first-order valence-electron chi connectivity index (χ1n) is 9.13. The fraction of sp³-hybridized carbons (Fsp3) is 0.217. The van der Waals surface area contributed by atoms with Gasteiger partial charge in [-0.25, -0.2) is 4.39 Å². The van der Waals surface area contributed by atoms with Crippen molar-refractivity contribution in [2.75, 3.05) is 13.3 Å². The van der Waals surface area contributed by atoms with E-state index in [-0.39, 0.29) is 18.0 Å². The lowest BCUT2D eigenvalue weighted by molar-refractivity contribution is -0.116. The van der Waals surface area contributed by atoms with Crippen LogP contribution in [0.1, 0.15) is 17.2 Å². The maximum absolute atomic E-state index is 14.7. The Morgan fingerprint density at radius 2 is 1.56 bits per heavy atom. The summed E-state index contributed by atoms with van der Waals surface area (Å²) in [6.45, 7) is 1.51. The van der Waals surface area contributed by atoms with Gasteiger partial charge in [0.15, 0.2) is 0 Å². The summed E-state index contributed by atoms with van der Waals surface area (Å²) in [6.07, 6.45) is -0.304. The highest BCUT2D eigenvalue weighted by Gasteiger charge is 2.36. The van der Waals surface area contributed by atoms with Crippen molar-refractivity contribution in [2.45, 2.75) is 18.7 Å². The van der Waals surface area contributed by atoms with Gasteiger partial charge in [0.05, 0.1) is 12.6 Å². The summed E-state index contributed by atoms with van der Waals surface area (Å²) in [5.74, 6) is 0.540. The molecule has 0 bridgehead atoms. The monoisotopic (exact) mass is 363 g/mol. The first-order chi connectivity index (χ1) is 13.3. The Morgan fingerprint density at radius 1 is 0.889 bits per heavy atom. The summed E-state index contributed by atoms with van der Waals surface area (Å²) < 4.78 is 26.7. The molecule has 3 aromatic carbocycles. The molecule has 0 aromatic heterocycles. The van der Waals surface area contributed by atoms with Gasteiger partial charge >= 0.3 is 0 Å². The van der Waals surface area contributed by atoms with Gasteiger partial charge in [-0.2, -0.15) is 0 Å². The second-order valence-electron chi connectivity index (χ2n) is 6.67. The Kier molecular flexibility index (Phi) is 5.47. The zero-order valence-corrected chi connectivity index (χ0v) is 15.0. The largest absolute Gasteiger partial charge is 0.486 e. The molecule has 1 fully saturated rings. The quantitative estimate of drug-likeness (QED) is 0.650. The predicted octanol–water partition coefficient (Wildman–Crippen LogP) is 4.80. The molecule has 0 amide bonds. The second-order valence-corrected chi connectivity index (χ2v) is 6.67. The van der Waals surface area contributed by atoms with E-state index in [0.29, 0.717) is 25.4 Å². The average Bonchev–Trinajstić information content (AvgIpc) is 2.71. The third-order valence-corrected chi connectivity index (χ3v) is 4.77. The molecule has 1 aliphatic rings. The van der Waals surface area contributed by atoms with Crippen LogP contribution < -0.4 is 4.74 Å². The number of ether oxygens (including phenoxy) is 2. The van der Waals surface area contributed by atoms with E-state index < -0.39 is 0 Å². The minimum atomic E-state index is -0.304. The molecular weight excluding hydrogens is 341 g/mol. The standard InChI is InChI=1S/C23H22FNO2/c24-21-14-8-7-13-20(21)23-22(27-19-11-5-2-6-12-19)16-26-17-25(23)15-18-9-3-1-4-10-18/h1-14,22-23H,15-17H2/t22-,23-/m1/s1. The molecule has 1 saturated heterocycles. The number of halogens is 1. The molecule has 0 aliphatic carbocycles. The van der Waals surface area contributed by atoms with Crippen LogP contribution in [0.5, 0.6) is 5.75 Å². The Morgan fingerprint density at radius 3 is 2.30 bits per heavy atom. The third kappa shape index (κ3) is 4.18. The van der Waals surface area contributed by atoms with E-state index in [2.05, 4.69) is 17.0 Å². The van der Waals surface area contributed by atoms with Gasteiger partial charge in [0, 0.05) is 12.1 Å². The fourth-order valence-electron chi connectivity index (χ4n) is 3.54. The first-order valence-corrected chi connectivity index (χ1v) is 9.13. The van der Waals surface area contributed by atoms with Crippen molar-refractivity contribution in [1.29, 1.82) is 0 Å². The zero-order valence-electron chi connectivity index (χ0n) is 15.0. The van der Waals surface area contributed by atoms with Crippen LogP contribution in [0.15, 0.2) is 84.9 Å². The molecule has 0 N–H and O–H groups in total. The highest BCUT2D eigenvalue weighted by molar-refractivity contribution is 5.26. The molecule has 0 radical (unpaired) electrons. The molecule has 0 saturated carbocycles. The molecule has 1 aliphatic heterocycles. The van der Waals surface area contributed by atoms with Crippen molar-refractivity contribution < 1.29 is 13.9 Å². The summed E-state index contributed by atoms with van der Waals surface area (Å²) in [4.78, 5) is 2.13. The molecule has 4 heteroatoms. The fourth-order valence-corrected chi connectivity index (χ4v) is 3.54. The number of nitrogens with zero attached hydrogens (tertiary/aromatic N) is 1. The van der Waals surface area contributed by atoms with E-state index in [0.717, 1.165) is 11.3 Å². The summed E-state index contributed by atoms with van der Waals surface area (Å²) in [6, 6.07) is 26.5.